The van der Waals surface area contributed by atoms with Crippen molar-refractivity contribution < 1.29 is 9.47 Å². The maximum Gasteiger partial charge on any atom is 0.191 e. The fourth-order valence-corrected chi connectivity index (χ4v) is 2.30. The van der Waals surface area contributed by atoms with E-state index < -0.39 is 0 Å². The molecule has 0 aliphatic rings. The topological polar surface area (TPSA) is 85.6 Å². The third-order valence-corrected chi connectivity index (χ3v) is 3.68. The molecule has 0 radical (unpaired) electrons. The van der Waals surface area contributed by atoms with Crippen molar-refractivity contribution in [2.75, 3.05) is 27.3 Å². The predicted octanol–water partition coefficient (Wildman–Crippen LogP) is 1.75. The van der Waals surface area contributed by atoms with Crippen molar-refractivity contribution in [1.82, 2.24) is 25.4 Å². The van der Waals surface area contributed by atoms with Crippen LogP contribution in [0.2, 0.25) is 0 Å². The van der Waals surface area contributed by atoms with Gasteiger partial charge in [-0.15, -0.1) is 34.2 Å². The molecule has 0 saturated carbocycles. The lowest BCUT2D eigenvalue weighted by Gasteiger charge is -2.12. The van der Waals surface area contributed by atoms with Crippen molar-refractivity contribution in [2.45, 2.75) is 19.9 Å². The second kappa shape index (κ2) is 11.6. The molecule has 144 valence electrons. The Bertz CT molecular complexity index is 704. The molecule has 8 nitrogen and oxygen atoms in total. The maximum atomic E-state index is 5.34. The summed E-state index contributed by atoms with van der Waals surface area (Å²) in [6.45, 7) is 4.05. The van der Waals surface area contributed by atoms with Gasteiger partial charge in [0.2, 0.25) is 0 Å². The van der Waals surface area contributed by atoms with Crippen LogP contribution < -0.4 is 20.1 Å². The monoisotopic (exact) mass is 474 g/mol. The number of rotatable bonds is 8. The van der Waals surface area contributed by atoms with Gasteiger partial charge in [0.15, 0.2) is 23.3 Å². The first-order valence-corrected chi connectivity index (χ1v) is 8.23. The Labute approximate surface area is 171 Å². The van der Waals surface area contributed by atoms with Crippen LogP contribution in [0.5, 0.6) is 11.5 Å². The largest absolute Gasteiger partial charge is 0.493 e. The molecular weight excluding hydrogens is 447 g/mol. The van der Waals surface area contributed by atoms with Gasteiger partial charge in [0.1, 0.15) is 12.9 Å². The molecule has 1 aromatic carbocycles. The number of aliphatic imine (C=N–C) groups is 1. The fourth-order valence-electron chi connectivity index (χ4n) is 2.30. The van der Waals surface area contributed by atoms with Gasteiger partial charge in [-0.2, -0.15) is 0 Å². The summed E-state index contributed by atoms with van der Waals surface area (Å²) in [5, 5.41) is 14.4. The Hall–Kier alpha value is -2.04. The molecule has 1 aromatic heterocycles. The molecule has 0 bridgehead atoms. The summed E-state index contributed by atoms with van der Waals surface area (Å²) >= 11 is 0. The van der Waals surface area contributed by atoms with E-state index >= 15 is 0 Å². The molecule has 0 aliphatic heterocycles. The first-order valence-electron chi connectivity index (χ1n) is 8.23. The number of halogens is 1. The SMILES string of the molecule is CCNC(=NCc1nncn1C)NCCc1ccc(OC)c(OC)c1.I. The minimum absolute atomic E-state index is 0. The molecule has 0 fully saturated rings. The summed E-state index contributed by atoms with van der Waals surface area (Å²) in [5.74, 6) is 3.05. The molecule has 2 rings (SSSR count). The lowest BCUT2D eigenvalue weighted by atomic mass is 10.1. The first-order chi connectivity index (χ1) is 12.2. The Morgan fingerprint density at radius 2 is 1.96 bits per heavy atom. The van der Waals surface area contributed by atoms with Gasteiger partial charge >= 0.3 is 0 Å². The molecule has 1 heterocycles. The smallest absolute Gasteiger partial charge is 0.191 e. The molecular formula is C17H27IN6O2. The Balaban J connectivity index is 0.00000338. The molecule has 9 heteroatoms. The quantitative estimate of drug-likeness (QED) is 0.345. The van der Waals surface area contributed by atoms with Crippen molar-refractivity contribution in [2.24, 2.45) is 12.0 Å². The maximum absolute atomic E-state index is 5.34. The minimum Gasteiger partial charge on any atom is -0.493 e. The van der Waals surface area contributed by atoms with Crippen LogP contribution in [0, 0.1) is 0 Å². The van der Waals surface area contributed by atoms with E-state index in [1.165, 1.54) is 0 Å². The average molecular weight is 474 g/mol. The summed E-state index contributed by atoms with van der Waals surface area (Å²) in [5.41, 5.74) is 1.16. The van der Waals surface area contributed by atoms with Gasteiger partial charge in [0.25, 0.3) is 0 Å². The van der Waals surface area contributed by atoms with Crippen LogP contribution in [0.1, 0.15) is 18.3 Å². The van der Waals surface area contributed by atoms with Crippen LogP contribution in [0.15, 0.2) is 29.5 Å². The highest BCUT2D eigenvalue weighted by Gasteiger charge is 2.05. The summed E-state index contributed by atoms with van der Waals surface area (Å²) < 4.78 is 12.5. The van der Waals surface area contributed by atoms with Crippen LogP contribution in [0.4, 0.5) is 0 Å². The summed E-state index contributed by atoms with van der Waals surface area (Å²) in [7, 11) is 5.18. The van der Waals surface area contributed by atoms with E-state index in [4.69, 9.17) is 9.47 Å². The summed E-state index contributed by atoms with van der Waals surface area (Å²) in [6.07, 6.45) is 2.51. The molecule has 2 aromatic rings. The van der Waals surface area contributed by atoms with E-state index in [9.17, 15) is 0 Å². The third-order valence-electron chi connectivity index (χ3n) is 3.68. The van der Waals surface area contributed by atoms with Crippen molar-refractivity contribution in [3.05, 3.63) is 35.9 Å². The number of benzene rings is 1. The molecule has 2 N–H and O–H groups in total. The van der Waals surface area contributed by atoms with Gasteiger partial charge in [-0.1, -0.05) is 6.07 Å². The van der Waals surface area contributed by atoms with Crippen molar-refractivity contribution in [3.8, 4) is 11.5 Å². The molecule has 0 spiro atoms. The summed E-state index contributed by atoms with van der Waals surface area (Å²) in [4.78, 5) is 4.54. The third kappa shape index (κ3) is 6.36. The van der Waals surface area contributed by atoms with Crippen LogP contribution >= 0.6 is 24.0 Å². The first kappa shape index (κ1) is 22.0. The van der Waals surface area contributed by atoms with Gasteiger partial charge in [-0.05, 0) is 31.0 Å². The Morgan fingerprint density at radius 3 is 2.58 bits per heavy atom. The number of ether oxygens (including phenoxy) is 2. The number of nitrogens with one attached hydrogen (secondary N) is 2. The van der Waals surface area contributed by atoms with Crippen molar-refractivity contribution in [1.29, 1.82) is 0 Å². The van der Waals surface area contributed by atoms with E-state index in [-0.39, 0.29) is 24.0 Å². The lowest BCUT2D eigenvalue weighted by molar-refractivity contribution is 0.354. The second-order valence-corrected chi connectivity index (χ2v) is 5.42. The zero-order valence-corrected chi connectivity index (χ0v) is 18.0. The van der Waals surface area contributed by atoms with Crippen LogP contribution in [0.25, 0.3) is 0 Å². The minimum atomic E-state index is 0. The van der Waals surface area contributed by atoms with Gasteiger partial charge in [-0.25, -0.2) is 4.99 Å². The summed E-state index contributed by atoms with van der Waals surface area (Å²) in [6, 6.07) is 5.94. The van der Waals surface area contributed by atoms with E-state index in [0.717, 1.165) is 48.4 Å². The number of methoxy groups -OCH3 is 2. The van der Waals surface area contributed by atoms with Gasteiger partial charge < -0.3 is 24.7 Å². The average Bonchev–Trinajstić information content (AvgIpc) is 3.04. The molecule has 26 heavy (non-hydrogen) atoms. The number of hydrogen-bond acceptors (Lipinski definition) is 5. The highest BCUT2D eigenvalue weighted by atomic mass is 127. The van der Waals surface area contributed by atoms with Crippen molar-refractivity contribution in [3.63, 3.8) is 0 Å². The number of guanidine groups is 1. The Kier molecular flexibility index (Phi) is 9.78. The molecule has 0 unspecified atom stereocenters. The fraction of sp³-hybridized carbons (Fsp3) is 0.471. The molecule has 0 amide bonds. The van der Waals surface area contributed by atoms with Crippen LogP contribution in [-0.4, -0.2) is 48.0 Å². The molecule has 0 aliphatic carbocycles. The molecule has 0 atom stereocenters. The Morgan fingerprint density at radius 1 is 1.19 bits per heavy atom. The van der Waals surface area contributed by atoms with Crippen molar-refractivity contribution >= 4 is 29.9 Å². The van der Waals surface area contributed by atoms with Gasteiger partial charge in [0.05, 0.1) is 14.2 Å². The van der Waals surface area contributed by atoms with E-state index in [1.54, 1.807) is 20.5 Å². The standard InChI is InChI=1S/C17H26N6O2.HI/c1-5-18-17(20-11-16-22-21-12-23(16)2)19-9-8-13-6-7-14(24-3)15(10-13)25-4;/h6-7,10,12H,5,8-9,11H2,1-4H3,(H2,18,19,20);1H. The van der Waals surface area contributed by atoms with E-state index in [1.807, 2.05) is 36.7 Å². The molecule has 0 saturated heterocycles. The van der Waals surface area contributed by atoms with Gasteiger partial charge in [-0.3, -0.25) is 0 Å². The number of nitrogens with zero attached hydrogens (tertiary/aromatic N) is 4. The number of hydrogen-bond donors (Lipinski definition) is 2. The zero-order chi connectivity index (χ0) is 18.1. The number of aromatic nitrogens is 3. The van der Waals surface area contributed by atoms with Gasteiger partial charge in [0, 0.05) is 20.1 Å². The van der Waals surface area contributed by atoms with E-state index in [0.29, 0.717) is 6.54 Å². The predicted molar refractivity (Wildman–Crippen MR) is 112 cm³/mol. The van der Waals surface area contributed by atoms with E-state index in [2.05, 4.69) is 25.8 Å². The highest BCUT2D eigenvalue weighted by Crippen LogP contribution is 2.27. The van der Waals surface area contributed by atoms with Crippen LogP contribution in [-0.2, 0) is 20.0 Å². The van der Waals surface area contributed by atoms with Crippen LogP contribution in [0.3, 0.4) is 0 Å². The zero-order valence-electron chi connectivity index (χ0n) is 15.7. The normalized spacial score (nSPS) is 10.8. The highest BCUT2D eigenvalue weighted by molar-refractivity contribution is 14.0. The second-order valence-electron chi connectivity index (χ2n) is 5.42. The number of aryl methyl sites for hydroxylation is 1. The lowest BCUT2D eigenvalue weighted by Crippen LogP contribution is -2.38.